The molecule has 0 aliphatic carbocycles. The van der Waals surface area contributed by atoms with E-state index < -0.39 is 6.04 Å². The average molecular weight is 359 g/mol. The lowest BCUT2D eigenvalue weighted by atomic mass is 10.2. The second-order valence-electron chi connectivity index (χ2n) is 5.46. The first-order chi connectivity index (χ1) is 12.2. The molecule has 8 heteroatoms. The maximum Gasteiger partial charge on any atom is 0.246 e. The predicted molar refractivity (Wildman–Crippen MR) is 100 cm³/mol. The number of rotatable bonds is 6. The zero-order valence-corrected chi connectivity index (χ0v) is 14.8. The Morgan fingerprint density at radius 2 is 1.92 bits per heavy atom. The molecule has 0 bridgehead atoms. The number of nitrogens with one attached hydrogen (secondary N) is 5. The minimum atomic E-state index is -0.486. The van der Waals surface area contributed by atoms with Crippen LogP contribution >= 0.6 is 11.8 Å². The molecule has 0 radical (unpaired) electrons. The number of benzene rings is 2. The standard InChI is InChI=1S/C17H21N5O2S/c1-24-13-8-6-11(7-9-13)18-16-15(20-22-21-16)17(23)19-12-4-3-5-14(10-12)25-2/h3-10,15-16,18,20-22H,1-2H3,(H,19,23). The number of hydrazine groups is 2. The summed E-state index contributed by atoms with van der Waals surface area (Å²) in [4.78, 5) is 13.7. The Balaban J connectivity index is 1.64. The van der Waals surface area contributed by atoms with Gasteiger partial charge in [0.25, 0.3) is 0 Å². The lowest BCUT2D eigenvalue weighted by Crippen LogP contribution is -2.47. The molecule has 132 valence electrons. The van der Waals surface area contributed by atoms with E-state index in [1.165, 1.54) is 0 Å². The minimum absolute atomic E-state index is 0.137. The van der Waals surface area contributed by atoms with Crippen LogP contribution in [0.15, 0.2) is 53.4 Å². The highest BCUT2D eigenvalue weighted by Gasteiger charge is 2.32. The van der Waals surface area contributed by atoms with Crippen LogP contribution in [0.5, 0.6) is 5.75 Å². The largest absolute Gasteiger partial charge is 0.497 e. The molecular formula is C17H21N5O2S. The zero-order chi connectivity index (χ0) is 17.6. The highest BCUT2D eigenvalue weighted by molar-refractivity contribution is 7.98. The van der Waals surface area contributed by atoms with Gasteiger partial charge >= 0.3 is 0 Å². The number of hydrogen-bond donors (Lipinski definition) is 5. The van der Waals surface area contributed by atoms with Crippen LogP contribution in [0.3, 0.4) is 0 Å². The maximum absolute atomic E-state index is 12.6. The topological polar surface area (TPSA) is 86.5 Å². The number of amides is 1. The Labute approximate surface area is 150 Å². The number of carbonyl (C=O) groups is 1. The molecular weight excluding hydrogens is 338 g/mol. The number of carbonyl (C=O) groups excluding carboxylic acids is 1. The number of hydrogen-bond acceptors (Lipinski definition) is 7. The van der Waals surface area contributed by atoms with E-state index in [4.69, 9.17) is 4.74 Å². The fourth-order valence-corrected chi connectivity index (χ4v) is 2.95. The Hall–Kier alpha value is -2.26. The average Bonchev–Trinajstić information content (AvgIpc) is 3.11. The number of anilines is 2. The molecule has 0 saturated carbocycles. The van der Waals surface area contributed by atoms with Gasteiger partial charge in [-0.15, -0.1) is 11.8 Å². The van der Waals surface area contributed by atoms with Gasteiger partial charge in [-0.25, -0.2) is 10.9 Å². The van der Waals surface area contributed by atoms with E-state index in [1.54, 1.807) is 18.9 Å². The first-order valence-electron chi connectivity index (χ1n) is 7.81. The van der Waals surface area contributed by atoms with E-state index >= 15 is 0 Å². The summed E-state index contributed by atoms with van der Waals surface area (Å²) in [5.41, 5.74) is 10.4. The molecule has 1 fully saturated rings. The SMILES string of the molecule is COc1ccc(NC2NNNC2C(=O)Nc2cccc(SC)c2)cc1. The molecule has 7 nitrogen and oxygen atoms in total. The van der Waals surface area contributed by atoms with Gasteiger partial charge in [0, 0.05) is 16.3 Å². The summed E-state index contributed by atoms with van der Waals surface area (Å²) >= 11 is 1.63. The van der Waals surface area contributed by atoms with Crippen molar-refractivity contribution in [1.82, 2.24) is 16.4 Å². The van der Waals surface area contributed by atoms with Gasteiger partial charge in [0.05, 0.1) is 7.11 Å². The van der Waals surface area contributed by atoms with Crippen molar-refractivity contribution in [3.63, 3.8) is 0 Å². The summed E-state index contributed by atoms with van der Waals surface area (Å²) in [6.07, 6.45) is 1.69. The third-order valence-electron chi connectivity index (χ3n) is 3.82. The molecule has 0 aromatic heterocycles. The Morgan fingerprint density at radius 1 is 1.12 bits per heavy atom. The molecule has 1 aliphatic heterocycles. The Kier molecular flexibility index (Phi) is 5.77. The summed E-state index contributed by atoms with van der Waals surface area (Å²) in [7, 11) is 1.63. The van der Waals surface area contributed by atoms with Crippen molar-refractivity contribution in [1.29, 1.82) is 0 Å². The summed E-state index contributed by atoms with van der Waals surface area (Å²) in [6, 6.07) is 14.8. The lowest BCUT2D eigenvalue weighted by Gasteiger charge is -2.20. The molecule has 25 heavy (non-hydrogen) atoms. The van der Waals surface area contributed by atoms with Crippen molar-refractivity contribution in [2.45, 2.75) is 17.1 Å². The van der Waals surface area contributed by atoms with Crippen LogP contribution in [-0.2, 0) is 4.79 Å². The molecule has 2 atom stereocenters. The smallest absolute Gasteiger partial charge is 0.246 e. The van der Waals surface area contributed by atoms with Gasteiger partial charge in [-0.2, -0.15) is 5.53 Å². The van der Waals surface area contributed by atoms with Crippen molar-refractivity contribution < 1.29 is 9.53 Å². The van der Waals surface area contributed by atoms with Gasteiger partial charge in [0.1, 0.15) is 18.0 Å². The third-order valence-corrected chi connectivity index (χ3v) is 4.55. The summed E-state index contributed by atoms with van der Waals surface area (Å²) < 4.78 is 5.15. The normalized spacial score (nSPS) is 19.4. The fraction of sp³-hybridized carbons (Fsp3) is 0.235. The predicted octanol–water partition coefficient (Wildman–Crippen LogP) is 1.77. The van der Waals surface area contributed by atoms with Gasteiger partial charge < -0.3 is 15.4 Å². The van der Waals surface area contributed by atoms with Crippen molar-refractivity contribution in [2.75, 3.05) is 24.0 Å². The van der Waals surface area contributed by atoms with E-state index in [0.29, 0.717) is 0 Å². The zero-order valence-electron chi connectivity index (χ0n) is 14.0. The number of methoxy groups -OCH3 is 1. The van der Waals surface area contributed by atoms with Crippen LogP contribution in [0.1, 0.15) is 0 Å². The molecule has 1 amide bonds. The van der Waals surface area contributed by atoms with Crippen molar-refractivity contribution in [3.8, 4) is 5.75 Å². The highest BCUT2D eigenvalue weighted by Crippen LogP contribution is 2.20. The molecule has 3 rings (SSSR count). The summed E-state index contributed by atoms with van der Waals surface area (Å²) in [5.74, 6) is 0.644. The van der Waals surface area contributed by atoms with Crippen LogP contribution in [0, 0.1) is 0 Å². The second-order valence-corrected chi connectivity index (χ2v) is 6.34. The van der Waals surface area contributed by atoms with E-state index in [0.717, 1.165) is 22.0 Å². The molecule has 2 aromatic rings. The van der Waals surface area contributed by atoms with Crippen molar-refractivity contribution >= 4 is 29.0 Å². The fourth-order valence-electron chi connectivity index (χ4n) is 2.49. The van der Waals surface area contributed by atoms with Gasteiger partial charge in [-0.3, -0.25) is 4.79 Å². The first-order valence-corrected chi connectivity index (χ1v) is 9.03. The maximum atomic E-state index is 12.6. The molecule has 5 N–H and O–H groups in total. The van der Waals surface area contributed by atoms with Gasteiger partial charge in [-0.1, -0.05) is 6.07 Å². The Bertz CT molecular complexity index is 725. The van der Waals surface area contributed by atoms with E-state index in [2.05, 4.69) is 27.0 Å². The lowest BCUT2D eigenvalue weighted by molar-refractivity contribution is -0.118. The van der Waals surface area contributed by atoms with E-state index in [9.17, 15) is 4.79 Å². The molecule has 2 aromatic carbocycles. The summed E-state index contributed by atoms with van der Waals surface area (Å²) in [5, 5.41) is 6.21. The minimum Gasteiger partial charge on any atom is -0.497 e. The van der Waals surface area contributed by atoms with Gasteiger partial charge in [0.2, 0.25) is 5.91 Å². The molecule has 2 unspecified atom stereocenters. The quantitative estimate of drug-likeness (QED) is 0.503. The second kappa shape index (κ2) is 8.21. The monoisotopic (exact) mass is 359 g/mol. The van der Waals surface area contributed by atoms with Crippen LogP contribution in [0.4, 0.5) is 11.4 Å². The van der Waals surface area contributed by atoms with Gasteiger partial charge in [0.15, 0.2) is 0 Å². The van der Waals surface area contributed by atoms with Gasteiger partial charge in [-0.05, 0) is 48.7 Å². The van der Waals surface area contributed by atoms with Crippen LogP contribution in [-0.4, -0.2) is 31.5 Å². The summed E-state index contributed by atoms with van der Waals surface area (Å²) in [6.45, 7) is 0. The van der Waals surface area contributed by atoms with Crippen LogP contribution < -0.4 is 31.8 Å². The van der Waals surface area contributed by atoms with E-state index in [1.807, 2.05) is 54.8 Å². The molecule has 1 aliphatic rings. The third kappa shape index (κ3) is 4.43. The number of thioether (sulfide) groups is 1. The molecule has 1 saturated heterocycles. The highest BCUT2D eigenvalue weighted by atomic mass is 32.2. The molecule has 0 spiro atoms. The first kappa shape index (κ1) is 17.6. The molecule has 1 heterocycles. The van der Waals surface area contributed by atoms with Crippen molar-refractivity contribution in [3.05, 3.63) is 48.5 Å². The van der Waals surface area contributed by atoms with E-state index in [-0.39, 0.29) is 12.1 Å². The van der Waals surface area contributed by atoms with Crippen LogP contribution in [0.2, 0.25) is 0 Å². The van der Waals surface area contributed by atoms with Crippen molar-refractivity contribution in [2.24, 2.45) is 0 Å². The van der Waals surface area contributed by atoms with Crippen LogP contribution in [0.25, 0.3) is 0 Å². The Morgan fingerprint density at radius 3 is 2.64 bits per heavy atom. The number of ether oxygens (including phenoxy) is 1.